The molecule has 0 spiro atoms. The summed E-state index contributed by atoms with van der Waals surface area (Å²) in [5, 5.41) is 6.63. The van der Waals surface area contributed by atoms with Gasteiger partial charge in [-0.05, 0) is 13.8 Å². The number of ether oxygens (including phenoxy) is 2. The summed E-state index contributed by atoms with van der Waals surface area (Å²) in [6, 6.07) is 0. The second-order valence-electron chi connectivity index (χ2n) is 4.59. The van der Waals surface area contributed by atoms with Crippen LogP contribution in [0.3, 0.4) is 0 Å². The molecule has 0 atom stereocenters. The summed E-state index contributed by atoms with van der Waals surface area (Å²) in [5.41, 5.74) is 6.41. The maximum absolute atomic E-state index is 12.1. The lowest BCUT2D eigenvalue weighted by molar-refractivity contribution is 0.0962. The van der Waals surface area contributed by atoms with Crippen LogP contribution in [0.4, 0.5) is 10.7 Å². The van der Waals surface area contributed by atoms with Gasteiger partial charge in [0.25, 0.3) is 5.91 Å². The average Bonchev–Trinajstić information content (AvgIpc) is 2.74. The lowest BCUT2D eigenvalue weighted by Gasteiger charge is -2.12. The summed E-state index contributed by atoms with van der Waals surface area (Å²) in [7, 11) is 1.63. The molecule has 0 bridgehead atoms. The predicted molar refractivity (Wildman–Crippen MR) is 87.4 cm³/mol. The van der Waals surface area contributed by atoms with Crippen molar-refractivity contribution in [2.45, 2.75) is 20.0 Å². The van der Waals surface area contributed by atoms with Crippen LogP contribution in [0.1, 0.15) is 23.5 Å². The summed E-state index contributed by atoms with van der Waals surface area (Å²) in [6.45, 7) is 8.94. The maximum atomic E-state index is 12.1. The Kier molecular flexibility index (Phi) is 7.04. The molecule has 1 aromatic heterocycles. The van der Waals surface area contributed by atoms with Gasteiger partial charge in [0.15, 0.2) is 5.75 Å². The van der Waals surface area contributed by atoms with Crippen molar-refractivity contribution < 1.29 is 14.3 Å². The highest BCUT2D eigenvalue weighted by Gasteiger charge is 2.22. The molecule has 118 valence electrons. The summed E-state index contributed by atoms with van der Waals surface area (Å²) >= 11 is 1.27. The highest BCUT2D eigenvalue weighted by molar-refractivity contribution is 7.19. The van der Waals surface area contributed by atoms with Gasteiger partial charge >= 0.3 is 0 Å². The molecule has 1 amide bonds. The standard InChI is InChI=1S/C14H23N3O3S/c1-5-6-16-13(18)12-10(15)11(20-9(2)3)14(21-12)17-7-8-19-4/h5,9,17H,1,6-8,15H2,2-4H3,(H,16,18). The van der Waals surface area contributed by atoms with Gasteiger partial charge in [-0.2, -0.15) is 0 Å². The number of hydrogen-bond donors (Lipinski definition) is 3. The molecule has 4 N–H and O–H groups in total. The van der Waals surface area contributed by atoms with E-state index in [1.807, 2.05) is 13.8 Å². The van der Waals surface area contributed by atoms with Crippen LogP contribution < -0.4 is 21.1 Å². The minimum atomic E-state index is -0.231. The van der Waals surface area contributed by atoms with E-state index in [2.05, 4.69) is 17.2 Å². The van der Waals surface area contributed by atoms with Gasteiger partial charge in [-0.25, -0.2) is 0 Å². The van der Waals surface area contributed by atoms with Gasteiger partial charge < -0.3 is 25.8 Å². The van der Waals surface area contributed by atoms with Gasteiger partial charge in [-0.15, -0.1) is 17.9 Å². The second kappa shape index (κ2) is 8.53. The monoisotopic (exact) mass is 313 g/mol. The Morgan fingerprint density at radius 1 is 1.52 bits per heavy atom. The highest BCUT2D eigenvalue weighted by Crippen LogP contribution is 2.43. The lowest BCUT2D eigenvalue weighted by Crippen LogP contribution is -2.23. The third-order valence-electron chi connectivity index (χ3n) is 2.46. The zero-order chi connectivity index (χ0) is 15.8. The van der Waals surface area contributed by atoms with Crippen LogP contribution >= 0.6 is 11.3 Å². The summed E-state index contributed by atoms with van der Waals surface area (Å²) in [4.78, 5) is 12.5. The van der Waals surface area contributed by atoms with E-state index in [9.17, 15) is 4.79 Å². The van der Waals surface area contributed by atoms with Crippen LogP contribution in [0.2, 0.25) is 0 Å². The molecule has 0 radical (unpaired) electrons. The molecule has 1 rings (SSSR count). The van der Waals surface area contributed by atoms with Crippen LogP contribution in [0.25, 0.3) is 0 Å². The van der Waals surface area contributed by atoms with Crippen molar-refractivity contribution in [1.29, 1.82) is 0 Å². The van der Waals surface area contributed by atoms with Crippen LogP contribution in [0.5, 0.6) is 5.75 Å². The van der Waals surface area contributed by atoms with Crippen molar-refractivity contribution in [2.24, 2.45) is 0 Å². The molecule has 0 saturated carbocycles. The molecule has 0 saturated heterocycles. The van der Waals surface area contributed by atoms with Gasteiger partial charge in [-0.3, -0.25) is 4.79 Å². The number of carbonyl (C=O) groups is 1. The van der Waals surface area contributed by atoms with Crippen molar-refractivity contribution in [3.05, 3.63) is 17.5 Å². The molecule has 0 aromatic carbocycles. The molecule has 0 aliphatic carbocycles. The van der Waals surface area contributed by atoms with Crippen molar-refractivity contribution in [2.75, 3.05) is 37.9 Å². The van der Waals surface area contributed by atoms with Gasteiger partial charge in [0.2, 0.25) is 0 Å². The molecule has 1 heterocycles. The SMILES string of the molecule is C=CCNC(=O)c1sc(NCCOC)c(OC(C)C)c1N. The fourth-order valence-corrected chi connectivity index (χ4v) is 2.57. The first kappa shape index (κ1) is 17.3. The smallest absolute Gasteiger partial charge is 0.263 e. The Balaban J connectivity index is 2.98. The van der Waals surface area contributed by atoms with Gasteiger partial charge in [0.1, 0.15) is 15.6 Å². The number of rotatable bonds is 9. The van der Waals surface area contributed by atoms with Crippen molar-refractivity contribution in [1.82, 2.24) is 5.32 Å². The molecule has 6 nitrogen and oxygen atoms in total. The summed E-state index contributed by atoms with van der Waals surface area (Å²) < 4.78 is 10.7. The first-order valence-electron chi connectivity index (χ1n) is 6.72. The number of nitrogens with two attached hydrogens (primary N) is 1. The fraction of sp³-hybridized carbons (Fsp3) is 0.500. The molecular weight excluding hydrogens is 290 g/mol. The number of carbonyl (C=O) groups excluding carboxylic acids is 1. The lowest BCUT2D eigenvalue weighted by atomic mass is 10.3. The first-order chi connectivity index (χ1) is 10.0. The molecule has 0 fully saturated rings. The minimum Gasteiger partial charge on any atom is -0.486 e. The Hall–Kier alpha value is -1.73. The van der Waals surface area contributed by atoms with E-state index < -0.39 is 0 Å². The quantitative estimate of drug-likeness (QED) is 0.480. The van der Waals surface area contributed by atoms with E-state index in [1.54, 1.807) is 13.2 Å². The number of methoxy groups -OCH3 is 1. The van der Waals surface area contributed by atoms with Crippen molar-refractivity contribution in [3.8, 4) is 5.75 Å². The van der Waals surface area contributed by atoms with E-state index >= 15 is 0 Å². The Morgan fingerprint density at radius 3 is 2.81 bits per heavy atom. The van der Waals surface area contributed by atoms with Crippen LogP contribution in [-0.4, -0.2) is 38.8 Å². The number of anilines is 2. The normalized spacial score (nSPS) is 10.5. The third-order valence-corrected chi connectivity index (χ3v) is 3.60. The van der Waals surface area contributed by atoms with Crippen LogP contribution in [-0.2, 0) is 4.74 Å². The van der Waals surface area contributed by atoms with E-state index in [-0.39, 0.29) is 12.0 Å². The Bertz CT molecular complexity index is 486. The Labute approximate surface area is 129 Å². The maximum Gasteiger partial charge on any atom is 0.263 e. The predicted octanol–water partition coefficient (Wildman–Crippen LogP) is 2.09. The molecule has 0 unspecified atom stereocenters. The zero-order valence-electron chi connectivity index (χ0n) is 12.7. The number of nitrogens with one attached hydrogen (secondary N) is 2. The van der Waals surface area contributed by atoms with Gasteiger partial charge in [0, 0.05) is 20.2 Å². The first-order valence-corrected chi connectivity index (χ1v) is 7.53. The van der Waals surface area contributed by atoms with E-state index in [4.69, 9.17) is 15.2 Å². The third kappa shape index (κ3) is 4.95. The second-order valence-corrected chi connectivity index (χ2v) is 5.61. The van der Waals surface area contributed by atoms with E-state index in [0.29, 0.717) is 36.0 Å². The molecule has 0 aliphatic heterocycles. The van der Waals surface area contributed by atoms with E-state index in [0.717, 1.165) is 5.00 Å². The number of thiophene rings is 1. The van der Waals surface area contributed by atoms with Crippen molar-refractivity contribution >= 4 is 27.9 Å². The number of amides is 1. The zero-order valence-corrected chi connectivity index (χ0v) is 13.5. The summed E-state index contributed by atoms with van der Waals surface area (Å²) in [5.74, 6) is 0.292. The largest absolute Gasteiger partial charge is 0.486 e. The molecule has 21 heavy (non-hydrogen) atoms. The van der Waals surface area contributed by atoms with E-state index in [1.165, 1.54) is 11.3 Å². The number of nitrogen functional groups attached to an aromatic ring is 1. The highest BCUT2D eigenvalue weighted by atomic mass is 32.1. The molecule has 7 heteroatoms. The van der Waals surface area contributed by atoms with Crippen LogP contribution in [0.15, 0.2) is 12.7 Å². The Morgan fingerprint density at radius 2 is 2.24 bits per heavy atom. The number of hydrogen-bond acceptors (Lipinski definition) is 6. The van der Waals surface area contributed by atoms with Gasteiger partial charge in [0.05, 0.1) is 12.7 Å². The van der Waals surface area contributed by atoms with Crippen LogP contribution in [0, 0.1) is 0 Å². The minimum absolute atomic E-state index is 0.0334. The molecule has 0 aliphatic rings. The molecular formula is C14H23N3O3S. The molecule has 1 aromatic rings. The summed E-state index contributed by atoms with van der Waals surface area (Å²) in [6.07, 6.45) is 1.58. The average molecular weight is 313 g/mol. The topological polar surface area (TPSA) is 85.6 Å². The van der Waals surface area contributed by atoms with Gasteiger partial charge in [-0.1, -0.05) is 6.08 Å². The van der Waals surface area contributed by atoms with Crippen molar-refractivity contribution in [3.63, 3.8) is 0 Å². The fourth-order valence-electron chi connectivity index (χ4n) is 1.58.